The number of nitrogens with zero attached hydrogens (tertiary/aromatic N) is 2. The second-order valence-electron chi connectivity index (χ2n) is 10.2. The molecule has 6 nitrogen and oxygen atoms in total. The first-order chi connectivity index (χ1) is 18.9. The molecule has 0 unspecified atom stereocenters. The molecule has 0 aromatic heterocycles. The molecule has 1 amide bonds. The molecule has 6 rings (SSSR count). The number of allylic oxidation sites excluding steroid dienone is 2. The average Bonchev–Trinajstić information content (AvgIpc) is 3.17. The minimum atomic E-state index is -1.73. The van der Waals surface area contributed by atoms with Crippen molar-refractivity contribution in [1.82, 2.24) is 0 Å². The molecular weight excluding hydrogens is 510 g/mol. The molecule has 7 heteroatoms. The summed E-state index contributed by atoms with van der Waals surface area (Å²) < 4.78 is 5.62. The van der Waals surface area contributed by atoms with Gasteiger partial charge in [0.05, 0.1) is 30.4 Å². The first-order valence-electron chi connectivity index (χ1n) is 13.1. The van der Waals surface area contributed by atoms with Crippen LogP contribution in [0.3, 0.4) is 0 Å². The molecule has 194 valence electrons. The van der Waals surface area contributed by atoms with E-state index in [0.717, 1.165) is 16.7 Å². The van der Waals surface area contributed by atoms with Gasteiger partial charge >= 0.3 is 5.97 Å². The SMILES string of the molecule is CCOC(=O)[C@@H]1[C@H]2CCc3ccccc3C2=C(C#N)C(=N)[C@]12C(=O)N(Cc1ccccc1)c1ccc(Cl)cc12. The van der Waals surface area contributed by atoms with Crippen molar-refractivity contribution in [2.24, 2.45) is 11.8 Å². The van der Waals surface area contributed by atoms with Crippen LogP contribution in [0.15, 0.2) is 78.4 Å². The number of carbonyl (C=O) groups is 2. The van der Waals surface area contributed by atoms with Gasteiger partial charge in [0.2, 0.25) is 5.91 Å². The summed E-state index contributed by atoms with van der Waals surface area (Å²) in [7, 11) is 0. The van der Waals surface area contributed by atoms with Gasteiger partial charge in [0.25, 0.3) is 0 Å². The molecule has 1 aliphatic heterocycles. The van der Waals surface area contributed by atoms with Crippen molar-refractivity contribution < 1.29 is 14.3 Å². The Morgan fingerprint density at radius 1 is 1.15 bits per heavy atom. The van der Waals surface area contributed by atoms with Gasteiger partial charge in [0.1, 0.15) is 11.5 Å². The molecular formula is C32H26ClN3O3. The van der Waals surface area contributed by atoms with Crippen LogP contribution in [-0.4, -0.2) is 24.2 Å². The highest BCUT2D eigenvalue weighted by Crippen LogP contribution is 2.59. The molecule has 0 fully saturated rings. The Labute approximate surface area is 232 Å². The van der Waals surface area contributed by atoms with Crippen LogP contribution in [0.1, 0.15) is 35.6 Å². The molecule has 0 radical (unpaired) electrons. The summed E-state index contributed by atoms with van der Waals surface area (Å²) in [5, 5.41) is 20.4. The third-order valence-electron chi connectivity index (χ3n) is 8.28. The molecule has 3 aromatic rings. The van der Waals surface area contributed by atoms with Gasteiger partial charge in [-0.3, -0.25) is 9.59 Å². The van der Waals surface area contributed by atoms with Gasteiger partial charge in [-0.05, 0) is 65.8 Å². The van der Waals surface area contributed by atoms with E-state index in [1.807, 2.05) is 54.6 Å². The van der Waals surface area contributed by atoms with E-state index >= 15 is 0 Å². The van der Waals surface area contributed by atoms with Crippen LogP contribution in [-0.2, 0) is 32.7 Å². The highest BCUT2D eigenvalue weighted by Gasteiger charge is 2.66. The Hall–Kier alpha value is -4.21. The van der Waals surface area contributed by atoms with Crippen molar-refractivity contribution in [2.45, 2.75) is 31.7 Å². The maximum Gasteiger partial charge on any atom is 0.311 e. The van der Waals surface area contributed by atoms with Gasteiger partial charge in [0, 0.05) is 16.6 Å². The number of nitrogens with one attached hydrogen (secondary N) is 1. The summed E-state index contributed by atoms with van der Waals surface area (Å²) >= 11 is 6.50. The van der Waals surface area contributed by atoms with E-state index in [0.29, 0.717) is 34.7 Å². The highest BCUT2D eigenvalue weighted by atomic mass is 35.5. The molecule has 0 saturated heterocycles. The standard InChI is InChI=1S/C32H26ClN3O3/c1-2-39-30(37)28-23-14-12-20-10-6-7-11-22(20)27(23)24(17-34)29(35)32(28)25-16-21(33)13-15-26(25)36(31(32)38)18-19-8-4-3-5-9-19/h3-11,13,15-16,23,28,35H,2,12,14,18H2,1H3/t23-,28-,32+/m0/s1. The Bertz CT molecular complexity index is 1610. The van der Waals surface area contributed by atoms with Crippen molar-refractivity contribution in [3.8, 4) is 6.07 Å². The first-order valence-corrected chi connectivity index (χ1v) is 13.5. The normalized spacial score (nSPS) is 23.3. The van der Waals surface area contributed by atoms with Crippen molar-refractivity contribution >= 4 is 40.4 Å². The second kappa shape index (κ2) is 9.52. The second-order valence-corrected chi connectivity index (χ2v) is 10.6. The Kier molecular flexibility index (Phi) is 6.12. The first kappa shape index (κ1) is 25.1. The number of halogens is 1. The maximum atomic E-state index is 14.8. The highest BCUT2D eigenvalue weighted by molar-refractivity contribution is 6.34. The number of aryl methyl sites for hydroxylation is 1. The van der Waals surface area contributed by atoms with E-state index in [1.54, 1.807) is 30.0 Å². The van der Waals surface area contributed by atoms with E-state index in [-0.39, 0.29) is 24.4 Å². The molecule has 0 saturated carbocycles. The van der Waals surface area contributed by atoms with Crippen molar-refractivity contribution in [3.63, 3.8) is 0 Å². The third-order valence-corrected chi connectivity index (χ3v) is 8.51. The lowest BCUT2D eigenvalue weighted by molar-refractivity contribution is -0.153. The number of benzene rings is 3. The number of rotatable bonds is 4. The lowest BCUT2D eigenvalue weighted by atomic mass is 9.53. The minimum Gasteiger partial charge on any atom is -0.466 e. The van der Waals surface area contributed by atoms with Crippen molar-refractivity contribution in [3.05, 3.63) is 106 Å². The lowest BCUT2D eigenvalue weighted by Crippen LogP contribution is -2.59. The monoisotopic (exact) mass is 535 g/mol. The molecule has 1 N–H and O–H groups in total. The van der Waals surface area contributed by atoms with Crippen molar-refractivity contribution in [2.75, 3.05) is 11.5 Å². The maximum absolute atomic E-state index is 14.8. The number of fused-ring (bicyclic) bond motifs is 5. The van der Waals surface area contributed by atoms with Gasteiger partial charge in [-0.2, -0.15) is 5.26 Å². The Morgan fingerprint density at radius 2 is 1.90 bits per heavy atom. The molecule has 0 bridgehead atoms. The quantitative estimate of drug-likeness (QED) is 0.422. The van der Waals surface area contributed by atoms with E-state index in [1.165, 1.54) is 0 Å². The zero-order valence-corrected chi connectivity index (χ0v) is 22.2. The van der Waals surface area contributed by atoms with Gasteiger partial charge < -0.3 is 15.0 Å². The smallest absolute Gasteiger partial charge is 0.311 e. The average molecular weight is 536 g/mol. The number of hydrogen-bond donors (Lipinski definition) is 1. The van der Waals surface area contributed by atoms with Crippen LogP contribution in [0.4, 0.5) is 5.69 Å². The number of nitriles is 1. The summed E-state index contributed by atoms with van der Waals surface area (Å²) in [6, 6.07) is 24.8. The topological polar surface area (TPSA) is 94.2 Å². The molecule has 2 aliphatic carbocycles. The van der Waals surface area contributed by atoms with E-state index in [9.17, 15) is 20.3 Å². The largest absolute Gasteiger partial charge is 0.466 e. The Morgan fingerprint density at radius 3 is 2.64 bits per heavy atom. The minimum absolute atomic E-state index is 0.135. The molecule has 1 heterocycles. The van der Waals surface area contributed by atoms with E-state index in [2.05, 4.69) is 6.07 Å². The van der Waals surface area contributed by atoms with Crippen LogP contribution in [0.2, 0.25) is 5.02 Å². The van der Waals surface area contributed by atoms with Crippen LogP contribution < -0.4 is 4.90 Å². The van der Waals surface area contributed by atoms with E-state index < -0.39 is 29.1 Å². The number of anilines is 1. The predicted octanol–water partition coefficient (Wildman–Crippen LogP) is 5.88. The van der Waals surface area contributed by atoms with Crippen LogP contribution in [0.5, 0.6) is 0 Å². The van der Waals surface area contributed by atoms with Crippen LogP contribution >= 0.6 is 11.6 Å². The summed E-state index contributed by atoms with van der Waals surface area (Å²) in [5.74, 6) is -2.44. The number of hydrogen-bond acceptors (Lipinski definition) is 5. The summed E-state index contributed by atoms with van der Waals surface area (Å²) in [6.07, 6.45) is 1.24. The number of ether oxygens (including phenoxy) is 1. The third kappa shape index (κ3) is 3.57. The fraction of sp³-hybridized carbons (Fsp3) is 0.250. The zero-order chi connectivity index (χ0) is 27.3. The lowest BCUT2D eigenvalue weighted by Gasteiger charge is -2.46. The van der Waals surface area contributed by atoms with Crippen molar-refractivity contribution in [1.29, 1.82) is 10.7 Å². The van der Waals surface area contributed by atoms with Crippen LogP contribution in [0.25, 0.3) is 5.57 Å². The number of amides is 1. The summed E-state index contributed by atoms with van der Waals surface area (Å²) in [4.78, 5) is 30.3. The predicted molar refractivity (Wildman–Crippen MR) is 149 cm³/mol. The summed E-state index contributed by atoms with van der Waals surface area (Å²) in [6.45, 7) is 2.12. The zero-order valence-electron chi connectivity index (χ0n) is 21.4. The fourth-order valence-electron chi connectivity index (χ4n) is 6.75. The molecule has 1 spiro atoms. The number of carbonyl (C=O) groups excluding carboxylic acids is 2. The Balaban J connectivity index is 1.64. The van der Waals surface area contributed by atoms with Crippen LogP contribution in [0, 0.1) is 28.6 Å². The molecule has 3 atom stereocenters. The van der Waals surface area contributed by atoms with Gasteiger partial charge in [-0.15, -0.1) is 0 Å². The molecule has 3 aromatic carbocycles. The van der Waals surface area contributed by atoms with E-state index in [4.69, 9.17) is 16.3 Å². The van der Waals surface area contributed by atoms with Gasteiger partial charge in [0.15, 0.2) is 0 Å². The number of esters is 1. The van der Waals surface area contributed by atoms with Gasteiger partial charge in [-0.1, -0.05) is 66.2 Å². The van der Waals surface area contributed by atoms with Gasteiger partial charge in [-0.25, -0.2) is 0 Å². The molecule has 39 heavy (non-hydrogen) atoms. The summed E-state index contributed by atoms with van der Waals surface area (Å²) in [5.41, 5.74) is 2.80. The fourth-order valence-corrected chi connectivity index (χ4v) is 6.92. The molecule has 3 aliphatic rings.